The van der Waals surface area contributed by atoms with E-state index in [0.29, 0.717) is 48.1 Å². The van der Waals surface area contributed by atoms with Gasteiger partial charge in [-0.05, 0) is 24.3 Å². The molecule has 11 heteroatoms. The molecule has 0 N–H and O–H groups in total. The molecule has 156 valence electrons. The monoisotopic (exact) mass is 437 g/mol. The summed E-state index contributed by atoms with van der Waals surface area (Å²) in [6.45, 7) is 2.10. The molecule has 0 saturated carbocycles. The quantitative estimate of drug-likeness (QED) is 0.621. The minimum absolute atomic E-state index is 0.124. The maximum atomic E-state index is 12.6. The van der Waals surface area contributed by atoms with Crippen molar-refractivity contribution in [2.45, 2.75) is 6.18 Å². The molecule has 1 aliphatic heterocycles. The number of piperazine rings is 1. The lowest BCUT2D eigenvalue weighted by molar-refractivity contribution is -0.159. The smallest absolute Gasteiger partial charge is 0.353 e. The van der Waals surface area contributed by atoms with E-state index in [1.807, 2.05) is 4.90 Å². The molecule has 1 aliphatic rings. The number of aromatic nitrogens is 3. The van der Waals surface area contributed by atoms with Gasteiger partial charge < -0.3 is 14.3 Å². The van der Waals surface area contributed by atoms with E-state index in [0.717, 1.165) is 0 Å². The third-order valence-corrected chi connectivity index (χ3v) is 5.00. The number of alkyl halides is 3. The van der Waals surface area contributed by atoms with Crippen LogP contribution in [0.4, 0.5) is 19.0 Å². The van der Waals surface area contributed by atoms with Gasteiger partial charge in [0.05, 0.1) is 10.6 Å². The van der Waals surface area contributed by atoms with Crippen molar-refractivity contribution in [1.82, 2.24) is 20.0 Å². The topological polar surface area (TPSA) is 75.4 Å². The van der Waals surface area contributed by atoms with Gasteiger partial charge in [-0.3, -0.25) is 4.79 Å². The third-order valence-electron chi connectivity index (χ3n) is 4.67. The Hall–Kier alpha value is -3.14. The van der Waals surface area contributed by atoms with E-state index in [-0.39, 0.29) is 11.7 Å². The second-order valence-electron chi connectivity index (χ2n) is 6.59. The van der Waals surface area contributed by atoms with Gasteiger partial charge in [0.2, 0.25) is 5.82 Å². The van der Waals surface area contributed by atoms with Crippen molar-refractivity contribution in [3.63, 3.8) is 0 Å². The van der Waals surface area contributed by atoms with Crippen molar-refractivity contribution in [3.8, 4) is 11.4 Å². The van der Waals surface area contributed by atoms with E-state index in [1.165, 1.54) is 6.20 Å². The first-order valence-corrected chi connectivity index (χ1v) is 9.37. The molecule has 0 atom stereocenters. The third kappa shape index (κ3) is 4.09. The van der Waals surface area contributed by atoms with Gasteiger partial charge in [0.25, 0.3) is 5.91 Å². The Morgan fingerprint density at radius 1 is 1.07 bits per heavy atom. The molecule has 2 aromatic heterocycles. The zero-order valence-electron chi connectivity index (χ0n) is 15.4. The van der Waals surface area contributed by atoms with Crippen LogP contribution in [-0.2, 0) is 6.18 Å². The van der Waals surface area contributed by atoms with Crippen molar-refractivity contribution >= 4 is 23.3 Å². The zero-order valence-corrected chi connectivity index (χ0v) is 16.2. The van der Waals surface area contributed by atoms with Crippen LogP contribution in [0.25, 0.3) is 11.4 Å². The fourth-order valence-corrected chi connectivity index (χ4v) is 3.32. The second-order valence-corrected chi connectivity index (χ2v) is 6.99. The van der Waals surface area contributed by atoms with Crippen LogP contribution in [0, 0.1) is 0 Å². The van der Waals surface area contributed by atoms with Gasteiger partial charge in [0.1, 0.15) is 5.82 Å². The van der Waals surface area contributed by atoms with Crippen LogP contribution in [0.15, 0.2) is 47.1 Å². The van der Waals surface area contributed by atoms with Crippen molar-refractivity contribution in [3.05, 3.63) is 59.1 Å². The average molecular weight is 438 g/mol. The Labute approximate surface area is 174 Å². The minimum Gasteiger partial charge on any atom is -0.353 e. The minimum atomic E-state index is -4.69. The molecule has 4 rings (SSSR count). The van der Waals surface area contributed by atoms with Gasteiger partial charge in [0.15, 0.2) is 0 Å². The summed E-state index contributed by atoms with van der Waals surface area (Å²) in [5.41, 5.74) is 0.777. The highest BCUT2D eigenvalue weighted by Crippen LogP contribution is 2.29. The number of rotatable bonds is 3. The molecule has 0 unspecified atom stereocenters. The number of anilines is 1. The molecule has 1 fully saturated rings. The molecule has 7 nitrogen and oxygen atoms in total. The van der Waals surface area contributed by atoms with Crippen LogP contribution in [0.5, 0.6) is 0 Å². The number of nitrogens with zero attached hydrogens (tertiary/aromatic N) is 5. The first-order valence-electron chi connectivity index (χ1n) is 8.99. The van der Waals surface area contributed by atoms with Crippen LogP contribution >= 0.6 is 11.6 Å². The summed E-state index contributed by atoms with van der Waals surface area (Å²) in [5, 5.41) is 3.76. The average Bonchev–Trinajstić information content (AvgIpc) is 3.25. The molecule has 0 spiro atoms. The van der Waals surface area contributed by atoms with E-state index in [2.05, 4.69) is 19.6 Å². The van der Waals surface area contributed by atoms with Gasteiger partial charge >= 0.3 is 12.1 Å². The normalized spacial score (nSPS) is 14.8. The van der Waals surface area contributed by atoms with E-state index in [9.17, 15) is 18.0 Å². The fourth-order valence-electron chi connectivity index (χ4n) is 3.10. The number of hydrogen-bond donors (Lipinski definition) is 0. The van der Waals surface area contributed by atoms with Crippen molar-refractivity contribution in [1.29, 1.82) is 0 Å². The summed E-state index contributed by atoms with van der Waals surface area (Å²) >= 11 is 6.11. The van der Waals surface area contributed by atoms with Gasteiger partial charge in [-0.25, -0.2) is 4.98 Å². The molecule has 30 heavy (non-hydrogen) atoms. The van der Waals surface area contributed by atoms with Crippen molar-refractivity contribution < 1.29 is 22.5 Å². The molecular formula is C19H15ClF3N5O2. The molecule has 0 aliphatic carbocycles. The lowest BCUT2D eigenvalue weighted by atomic mass is 10.1. The number of carbonyl (C=O) groups is 1. The highest BCUT2D eigenvalue weighted by Gasteiger charge is 2.38. The number of hydrogen-bond acceptors (Lipinski definition) is 6. The summed E-state index contributed by atoms with van der Waals surface area (Å²) in [7, 11) is 0. The lowest BCUT2D eigenvalue weighted by Crippen LogP contribution is -2.49. The van der Waals surface area contributed by atoms with Crippen LogP contribution in [0.3, 0.4) is 0 Å². The molecule has 1 aromatic carbocycles. The maximum absolute atomic E-state index is 12.6. The number of amides is 1. The molecule has 3 aromatic rings. The van der Waals surface area contributed by atoms with E-state index in [4.69, 9.17) is 11.6 Å². The maximum Gasteiger partial charge on any atom is 0.471 e. The van der Waals surface area contributed by atoms with E-state index < -0.39 is 12.1 Å². The number of carbonyl (C=O) groups excluding carboxylic acids is 1. The summed E-state index contributed by atoms with van der Waals surface area (Å²) in [4.78, 5) is 24.0. The predicted molar refractivity (Wildman–Crippen MR) is 102 cm³/mol. The Balaban J connectivity index is 1.40. The lowest BCUT2D eigenvalue weighted by Gasteiger charge is -2.35. The Kier molecular flexibility index (Phi) is 5.33. The van der Waals surface area contributed by atoms with Crippen molar-refractivity contribution in [2.75, 3.05) is 31.1 Å². The van der Waals surface area contributed by atoms with E-state index >= 15 is 0 Å². The van der Waals surface area contributed by atoms with Gasteiger partial charge in [-0.15, -0.1) is 0 Å². The van der Waals surface area contributed by atoms with Crippen LogP contribution in [-0.4, -0.2) is 52.1 Å². The fraction of sp³-hybridized carbons (Fsp3) is 0.263. The van der Waals surface area contributed by atoms with E-state index in [1.54, 1.807) is 41.3 Å². The largest absolute Gasteiger partial charge is 0.471 e. The summed E-state index contributed by atoms with van der Waals surface area (Å²) < 4.78 is 42.0. The van der Waals surface area contributed by atoms with Crippen molar-refractivity contribution in [2.24, 2.45) is 0 Å². The van der Waals surface area contributed by atoms with Crippen LogP contribution in [0.1, 0.15) is 16.2 Å². The SMILES string of the molecule is O=C(c1ccccc1Cl)N1CCN(c2ccc(-c3noc(C(F)(F)F)n3)cn2)CC1. The molecule has 1 saturated heterocycles. The summed E-state index contributed by atoms with van der Waals surface area (Å²) in [6.07, 6.45) is -3.30. The molecule has 3 heterocycles. The highest BCUT2D eigenvalue weighted by molar-refractivity contribution is 6.33. The first-order chi connectivity index (χ1) is 14.3. The number of halogens is 4. The number of pyridine rings is 1. The highest BCUT2D eigenvalue weighted by atomic mass is 35.5. The molecule has 0 radical (unpaired) electrons. The molecular weight excluding hydrogens is 423 g/mol. The predicted octanol–water partition coefficient (Wildman–Crippen LogP) is 3.77. The van der Waals surface area contributed by atoms with Gasteiger partial charge in [-0.2, -0.15) is 18.2 Å². The van der Waals surface area contributed by atoms with Gasteiger partial charge in [-0.1, -0.05) is 28.9 Å². The van der Waals surface area contributed by atoms with Crippen LogP contribution in [0.2, 0.25) is 5.02 Å². The second kappa shape index (κ2) is 7.94. The van der Waals surface area contributed by atoms with Crippen LogP contribution < -0.4 is 4.90 Å². The Bertz CT molecular complexity index is 1050. The molecule has 0 bridgehead atoms. The standard InChI is InChI=1S/C19H15ClF3N5O2/c20-14-4-2-1-3-13(14)17(29)28-9-7-27(8-10-28)15-6-5-12(11-24-15)16-25-18(30-26-16)19(21,22)23/h1-6,11H,7-10H2. The van der Waals surface area contributed by atoms with Gasteiger partial charge in [0, 0.05) is 37.9 Å². The number of benzene rings is 1. The Morgan fingerprint density at radius 3 is 2.40 bits per heavy atom. The summed E-state index contributed by atoms with van der Waals surface area (Å²) in [5.74, 6) is -1.07. The summed E-state index contributed by atoms with van der Waals surface area (Å²) in [6, 6.07) is 10.2. The molecule has 1 amide bonds. The Morgan fingerprint density at radius 2 is 1.80 bits per heavy atom. The first kappa shape index (κ1) is 20.1. The zero-order chi connectivity index (χ0) is 21.3.